The van der Waals surface area contributed by atoms with Crippen molar-refractivity contribution in [1.82, 2.24) is 0 Å². The normalized spacial score (nSPS) is 13.4. The van der Waals surface area contributed by atoms with Crippen LogP contribution in [0.25, 0.3) is 0 Å². The molecule has 0 aromatic heterocycles. The van der Waals surface area contributed by atoms with Crippen LogP contribution in [0.3, 0.4) is 0 Å². The van der Waals surface area contributed by atoms with Crippen LogP contribution in [0.1, 0.15) is 309 Å². The molecule has 0 fully saturated rings. The van der Waals surface area contributed by atoms with Crippen molar-refractivity contribution in [3.05, 3.63) is 36.5 Å². The molecule has 0 radical (unpaired) electrons. The number of unbranched alkanes of at least 4 members (excludes halogenated alkanes) is 39. The summed E-state index contributed by atoms with van der Waals surface area (Å²) in [6.45, 7) is 4.26. The van der Waals surface area contributed by atoms with Gasteiger partial charge in [-0.15, -0.1) is 0 Å². The van der Waals surface area contributed by atoms with Crippen molar-refractivity contribution in [2.24, 2.45) is 0 Å². The number of carbonyl (C=O) groups is 2. The first-order valence-corrected chi connectivity index (χ1v) is 33.2. The molecule has 0 rings (SSSR count). The zero-order valence-electron chi connectivity index (χ0n) is 49.6. The molecule has 0 aliphatic rings. The number of esters is 2. The third kappa shape index (κ3) is 59.5. The van der Waals surface area contributed by atoms with Gasteiger partial charge in [-0.2, -0.15) is 0 Å². The zero-order valence-corrected chi connectivity index (χ0v) is 50.5. The summed E-state index contributed by atoms with van der Waals surface area (Å²) < 4.78 is 34.2. The largest absolute Gasteiger partial charge is 0.756 e. The Morgan fingerprint density at radius 1 is 0.419 bits per heavy atom. The summed E-state index contributed by atoms with van der Waals surface area (Å²) >= 11 is 0. The highest BCUT2D eigenvalue weighted by atomic mass is 31.2. The minimum Gasteiger partial charge on any atom is -0.756 e. The van der Waals surface area contributed by atoms with Crippen molar-refractivity contribution >= 4 is 19.8 Å². The fraction of sp³-hybridized carbons (Fsp3) is 0.875. The van der Waals surface area contributed by atoms with Gasteiger partial charge in [-0.05, 0) is 51.4 Å². The standard InChI is InChI=1S/C64H122NO8P/c1-6-8-10-12-14-16-18-20-22-24-26-28-29-30-31-32-33-34-35-37-38-40-42-44-46-48-50-52-54-56-63(66)70-60-62(61-72-74(68,69)71-59-58-65(3,4)5)73-64(67)57-55-53-51-49-47-45-43-41-39-36-27-25-23-21-19-17-15-13-11-9-7-2/h19,21,25,27,39,41,62H,6-18,20,22-24,26,28-38,40,42-61H2,1-5H3/b21-19-,27-25-,41-39-. The van der Waals surface area contributed by atoms with Gasteiger partial charge in [0.2, 0.25) is 0 Å². The van der Waals surface area contributed by atoms with Gasteiger partial charge in [0.25, 0.3) is 7.82 Å². The molecule has 10 heteroatoms. The molecule has 2 atom stereocenters. The molecule has 9 nitrogen and oxygen atoms in total. The fourth-order valence-corrected chi connectivity index (χ4v) is 9.98. The minimum absolute atomic E-state index is 0.0324. The molecule has 0 aromatic rings. The second-order valence-electron chi connectivity index (χ2n) is 22.8. The maximum absolute atomic E-state index is 12.8. The van der Waals surface area contributed by atoms with Gasteiger partial charge in [-0.3, -0.25) is 14.2 Å². The van der Waals surface area contributed by atoms with Crippen molar-refractivity contribution in [3.63, 3.8) is 0 Å². The van der Waals surface area contributed by atoms with Gasteiger partial charge in [-0.1, -0.05) is 281 Å². The maximum atomic E-state index is 12.8. The number of hydrogen-bond acceptors (Lipinski definition) is 8. The molecule has 0 aliphatic heterocycles. The lowest BCUT2D eigenvalue weighted by Crippen LogP contribution is -2.37. The summed E-state index contributed by atoms with van der Waals surface area (Å²) in [5.41, 5.74) is 0. The molecular formula is C64H122NO8P. The number of rotatable bonds is 59. The van der Waals surface area contributed by atoms with E-state index in [1.807, 2.05) is 21.1 Å². The quantitative estimate of drug-likeness (QED) is 0.0195. The Bertz CT molecular complexity index is 1340. The number of phosphoric ester groups is 1. The molecule has 2 unspecified atom stereocenters. The van der Waals surface area contributed by atoms with Gasteiger partial charge in [-0.25, -0.2) is 0 Å². The first-order valence-electron chi connectivity index (χ1n) is 31.7. The predicted molar refractivity (Wildman–Crippen MR) is 314 cm³/mol. The van der Waals surface area contributed by atoms with E-state index in [0.717, 1.165) is 70.6 Å². The van der Waals surface area contributed by atoms with Crippen molar-refractivity contribution in [2.45, 2.75) is 315 Å². The van der Waals surface area contributed by atoms with Crippen LogP contribution in [0.2, 0.25) is 0 Å². The first kappa shape index (κ1) is 72.2. The Hall–Kier alpha value is -1.77. The number of hydrogen-bond donors (Lipinski definition) is 0. The lowest BCUT2D eigenvalue weighted by atomic mass is 10.0. The average molecular weight is 1060 g/mol. The number of quaternary nitrogens is 1. The highest BCUT2D eigenvalue weighted by molar-refractivity contribution is 7.45. The van der Waals surface area contributed by atoms with E-state index in [1.165, 1.54) is 205 Å². The molecule has 0 bridgehead atoms. The van der Waals surface area contributed by atoms with E-state index in [9.17, 15) is 19.0 Å². The molecule has 0 saturated carbocycles. The van der Waals surface area contributed by atoms with Crippen LogP contribution in [0.4, 0.5) is 0 Å². The van der Waals surface area contributed by atoms with Crippen LogP contribution in [0, 0.1) is 0 Å². The fourth-order valence-electron chi connectivity index (χ4n) is 9.25. The van der Waals surface area contributed by atoms with Crippen LogP contribution in [0.5, 0.6) is 0 Å². The Morgan fingerprint density at radius 3 is 1.08 bits per heavy atom. The maximum Gasteiger partial charge on any atom is 0.306 e. The highest BCUT2D eigenvalue weighted by Crippen LogP contribution is 2.38. The SMILES string of the molecule is CCCCCCC/C=C\C/C=C\C/C=C\CCCCCCCCC(=O)OC(COC(=O)CCCCCCCCCCCCCCCCCCCCCCCCCCCCCCC)COP(=O)([O-])OCC[N+](C)(C)C. The Kier molecular flexibility index (Phi) is 54.6. The summed E-state index contributed by atoms with van der Waals surface area (Å²) in [5, 5.41) is 0. The molecule has 0 aliphatic carbocycles. The minimum atomic E-state index is -4.64. The second kappa shape index (κ2) is 56.0. The summed E-state index contributed by atoms with van der Waals surface area (Å²) in [4.78, 5) is 37.9. The Balaban J connectivity index is 4.07. The topological polar surface area (TPSA) is 111 Å². The molecule has 0 spiro atoms. The van der Waals surface area contributed by atoms with Crippen LogP contribution < -0.4 is 4.89 Å². The third-order valence-corrected chi connectivity index (χ3v) is 15.1. The number of ether oxygens (including phenoxy) is 2. The van der Waals surface area contributed by atoms with Gasteiger partial charge >= 0.3 is 11.9 Å². The molecule has 0 heterocycles. The van der Waals surface area contributed by atoms with E-state index in [-0.39, 0.29) is 32.0 Å². The first-order chi connectivity index (χ1) is 36.0. The molecule has 436 valence electrons. The van der Waals surface area contributed by atoms with Gasteiger partial charge in [0, 0.05) is 12.8 Å². The van der Waals surface area contributed by atoms with E-state index in [2.05, 4.69) is 50.3 Å². The van der Waals surface area contributed by atoms with Crippen molar-refractivity contribution in [3.8, 4) is 0 Å². The Morgan fingerprint density at radius 2 is 0.730 bits per heavy atom. The van der Waals surface area contributed by atoms with E-state index in [1.54, 1.807) is 0 Å². The summed E-state index contributed by atoms with van der Waals surface area (Å²) in [7, 11) is 1.17. The Labute approximate surface area is 459 Å². The van der Waals surface area contributed by atoms with Crippen LogP contribution in [0.15, 0.2) is 36.5 Å². The van der Waals surface area contributed by atoms with Gasteiger partial charge in [0.1, 0.15) is 19.8 Å². The lowest BCUT2D eigenvalue weighted by molar-refractivity contribution is -0.870. The summed E-state index contributed by atoms with van der Waals surface area (Å²) in [6, 6.07) is 0. The van der Waals surface area contributed by atoms with Gasteiger partial charge in [0.05, 0.1) is 27.7 Å². The van der Waals surface area contributed by atoms with Crippen molar-refractivity contribution < 1.29 is 42.1 Å². The molecule has 0 N–H and O–H groups in total. The number of phosphoric acid groups is 1. The van der Waals surface area contributed by atoms with Crippen LogP contribution in [-0.4, -0.2) is 70.0 Å². The number of carbonyl (C=O) groups excluding carboxylic acids is 2. The van der Waals surface area contributed by atoms with E-state index >= 15 is 0 Å². The summed E-state index contributed by atoms with van der Waals surface area (Å²) in [5.74, 6) is -0.833. The number of nitrogens with zero attached hydrogens (tertiary/aromatic N) is 1. The zero-order chi connectivity index (χ0) is 54.2. The van der Waals surface area contributed by atoms with Crippen LogP contribution >= 0.6 is 7.82 Å². The summed E-state index contributed by atoms with van der Waals surface area (Å²) in [6.07, 6.45) is 69.2. The highest BCUT2D eigenvalue weighted by Gasteiger charge is 2.22. The van der Waals surface area contributed by atoms with Crippen molar-refractivity contribution in [1.29, 1.82) is 0 Å². The predicted octanol–water partition coefficient (Wildman–Crippen LogP) is 19.3. The molecule has 0 amide bonds. The molecule has 0 saturated heterocycles. The van der Waals surface area contributed by atoms with Gasteiger partial charge in [0.15, 0.2) is 6.10 Å². The van der Waals surface area contributed by atoms with Gasteiger partial charge < -0.3 is 27.9 Å². The smallest absolute Gasteiger partial charge is 0.306 e. The van der Waals surface area contributed by atoms with E-state index in [4.69, 9.17) is 18.5 Å². The van der Waals surface area contributed by atoms with E-state index in [0.29, 0.717) is 17.4 Å². The third-order valence-electron chi connectivity index (χ3n) is 14.2. The lowest BCUT2D eigenvalue weighted by Gasteiger charge is -2.28. The number of likely N-dealkylation sites (N-methyl/N-ethyl adjacent to an activating group) is 1. The number of allylic oxidation sites excluding steroid dienone is 6. The van der Waals surface area contributed by atoms with E-state index < -0.39 is 26.5 Å². The second-order valence-corrected chi connectivity index (χ2v) is 24.2. The monoisotopic (exact) mass is 1060 g/mol. The molecule has 0 aromatic carbocycles. The molecular weight excluding hydrogens is 942 g/mol. The van der Waals surface area contributed by atoms with Crippen LogP contribution in [-0.2, 0) is 32.7 Å². The van der Waals surface area contributed by atoms with Crippen molar-refractivity contribution in [2.75, 3.05) is 47.5 Å². The molecule has 74 heavy (non-hydrogen) atoms. The average Bonchev–Trinajstić information content (AvgIpc) is 3.36.